The minimum atomic E-state index is 0.446. The molecule has 3 rings (SSSR count). The molecule has 0 fully saturated rings. The van der Waals surface area contributed by atoms with Gasteiger partial charge in [-0.25, -0.2) is 0 Å². The van der Waals surface area contributed by atoms with Crippen LogP contribution in [0.2, 0.25) is 0 Å². The number of nitrogens with zero attached hydrogens (tertiary/aromatic N) is 3. The van der Waals surface area contributed by atoms with Gasteiger partial charge in [0, 0.05) is 25.0 Å². The quantitative estimate of drug-likeness (QED) is 0.874. The number of fused-ring (bicyclic) bond motifs is 1. The SMILES string of the molecule is CC1CNc2ccccc2N1Cc1cnccn1. The highest BCUT2D eigenvalue weighted by atomic mass is 15.2. The number of benzene rings is 1. The van der Waals surface area contributed by atoms with E-state index in [1.54, 1.807) is 12.4 Å². The van der Waals surface area contributed by atoms with Gasteiger partial charge in [-0.3, -0.25) is 9.97 Å². The molecule has 0 aliphatic carbocycles. The van der Waals surface area contributed by atoms with Gasteiger partial charge in [-0.15, -0.1) is 0 Å². The number of para-hydroxylation sites is 2. The van der Waals surface area contributed by atoms with Gasteiger partial charge < -0.3 is 10.2 Å². The molecule has 1 unspecified atom stereocenters. The predicted octanol–water partition coefficient (Wildman–Crippen LogP) is 2.30. The van der Waals surface area contributed by atoms with Crippen LogP contribution in [0.15, 0.2) is 42.9 Å². The van der Waals surface area contributed by atoms with Gasteiger partial charge in [-0.05, 0) is 19.1 Å². The van der Waals surface area contributed by atoms with E-state index in [4.69, 9.17) is 0 Å². The van der Waals surface area contributed by atoms with E-state index < -0.39 is 0 Å². The van der Waals surface area contributed by atoms with Crippen molar-refractivity contribution in [2.45, 2.75) is 19.5 Å². The van der Waals surface area contributed by atoms with E-state index in [2.05, 4.69) is 51.4 Å². The average Bonchev–Trinajstić information content (AvgIpc) is 2.43. The van der Waals surface area contributed by atoms with Crippen LogP contribution >= 0.6 is 0 Å². The second-order valence-electron chi connectivity index (χ2n) is 4.57. The van der Waals surface area contributed by atoms with E-state index >= 15 is 0 Å². The summed E-state index contributed by atoms with van der Waals surface area (Å²) >= 11 is 0. The minimum Gasteiger partial charge on any atom is -0.381 e. The van der Waals surface area contributed by atoms with E-state index in [1.807, 2.05) is 6.20 Å². The molecule has 18 heavy (non-hydrogen) atoms. The maximum atomic E-state index is 4.36. The third-order valence-electron chi connectivity index (χ3n) is 3.28. The summed E-state index contributed by atoms with van der Waals surface area (Å²) in [5.74, 6) is 0. The Balaban J connectivity index is 1.91. The van der Waals surface area contributed by atoms with Crippen molar-refractivity contribution in [3.05, 3.63) is 48.5 Å². The lowest BCUT2D eigenvalue weighted by Crippen LogP contribution is -2.41. The van der Waals surface area contributed by atoms with E-state index in [9.17, 15) is 0 Å². The first kappa shape index (κ1) is 11.0. The monoisotopic (exact) mass is 240 g/mol. The molecule has 0 spiro atoms. The third-order valence-corrected chi connectivity index (χ3v) is 3.28. The molecule has 1 aromatic carbocycles. The number of nitrogens with one attached hydrogen (secondary N) is 1. The molecular weight excluding hydrogens is 224 g/mol. The standard InChI is InChI=1S/C14H16N4/c1-11-8-17-13-4-2-3-5-14(13)18(11)10-12-9-15-6-7-16-12/h2-7,9,11,17H,8,10H2,1H3. The Morgan fingerprint density at radius 3 is 3.06 bits per heavy atom. The van der Waals surface area contributed by atoms with Gasteiger partial charge in [0.15, 0.2) is 0 Å². The van der Waals surface area contributed by atoms with Crippen molar-refractivity contribution in [2.24, 2.45) is 0 Å². The Kier molecular flexibility index (Phi) is 2.84. The van der Waals surface area contributed by atoms with Crippen molar-refractivity contribution in [3.63, 3.8) is 0 Å². The van der Waals surface area contributed by atoms with Crippen LogP contribution in [-0.2, 0) is 6.54 Å². The zero-order valence-corrected chi connectivity index (χ0v) is 10.4. The Hall–Kier alpha value is -2.10. The molecule has 1 atom stereocenters. The molecule has 0 saturated carbocycles. The van der Waals surface area contributed by atoms with Crippen molar-refractivity contribution in [3.8, 4) is 0 Å². The van der Waals surface area contributed by atoms with Crippen LogP contribution in [-0.4, -0.2) is 22.6 Å². The van der Waals surface area contributed by atoms with Crippen molar-refractivity contribution in [2.75, 3.05) is 16.8 Å². The fourth-order valence-corrected chi connectivity index (χ4v) is 2.31. The van der Waals surface area contributed by atoms with E-state index in [0.29, 0.717) is 6.04 Å². The minimum absolute atomic E-state index is 0.446. The molecule has 4 nitrogen and oxygen atoms in total. The molecule has 4 heteroatoms. The first-order valence-electron chi connectivity index (χ1n) is 6.19. The van der Waals surface area contributed by atoms with E-state index in [1.165, 1.54) is 11.4 Å². The molecule has 1 aromatic heterocycles. The second kappa shape index (κ2) is 4.64. The molecule has 0 bridgehead atoms. The number of aromatic nitrogens is 2. The van der Waals surface area contributed by atoms with Gasteiger partial charge in [0.1, 0.15) is 0 Å². The van der Waals surface area contributed by atoms with Crippen LogP contribution in [0.1, 0.15) is 12.6 Å². The summed E-state index contributed by atoms with van der Waals surface area (Å²) in [5.41, 5.74) is 3.43. The normalized spacial score (nSPS) is 18.1. The van der Waals surface area contributed by atoms with Crippen molar-refractivity contribution in [1.82, 2.24) is 9.97 Å². The highest BCUT2D eigenvalue weighted by molar-refractivity contribution is 5.72. The zero-order chi connectivity index (χ0) is 12.4. The highest BCUT2D eigenvalue weighted by Crippen LogP contribution is 2.31. The highest BCUT2D eigenvalue weighted by Gasteiger charge is 2.22. The van der Waals surface area contributed by atoms with Crippen LogP contribution < -0.4 is 10.2 Å². The summed E-state index contributed by atoms with van der Waals surface area (Å²) in [6, 6.07) is 8.84. The molecule has 0 radical (unpaired) electrons. The molecular formula is C14H16N4. The van der Waals surface area contributed by atoms with Gasteiger partial charge in [0.25, 0.3) is 0 Å². The van der Waals surface area contributed by atoms with Crippen molar-refractivity contribution >= 4 is 11.4 Å². The van der Waals surface area contributed by atoms with Crippen LogP contribution in [0.25, 0.3) is 0 Å². The summed E-state index contributed by atoms with van der Waals surface area (Å²) < 4.78 is 0. The number of anilines is 2. The van der Waals surface area contributed by atoms with Crippen LogP contribution in [0.5, 0.6) is 0 Å². The maximum absolute atomic E-state index is 4.36. The van der Waals surface area contributed by atoms with Crippen molar-refractivity contribution < 1.29 is 0 Å². The lowest BCUT2D eigenvalue weighted by atomic mass is 10.1. The van der Waals surface area contributed by atoms with Crippen LogP contribution in [0.3, 0.4) is 0 Å². The summed E-state index contributed by atoms with van der Waals surface area (Å²) in [5, 5.41) is 3.45. The first-order valence-corrected chi connectivity index (χ1v) is 6.19. The van der Waals surface area contributed by atoms with Gasteiger partial charge in [0.2, 0.25) is 0 Å². The number of rotatable bonds is 2. The van der Waals surface area contributed by atoms with E-state index in [0.717, 1.165) is 18.8 Å². The Morgan fingerprint density at radius 2 is 2.22 bits per heavy atom. The molecule has 1 aliphatic rings. The molecule has 0 amide bonds. The molecule has 2 aromatic rings. The summed E-state index contributed by atoms with van der Waals surface area (Å²) in [6.45, 7) is 3.98. The molecule has 0 saturated heterocycles. The molecule has 92 valence electrons. The van der Waals surface area contributed by atoms with Crippen LogP contribution in [0, 0.1) is 0 Å². The first-order chi connectivity index (χ1) is 8.84. The fourth-order valence-electron chi connectivity index (χ4n) is 2.31. The topological polar surface area (TPSA) is 41.0 Å². The fraction of sp³-hybridized carbons (Fsp3) is 0.286. The lowest BCUT2D eigenvalue weighted by molar-refractivity contribution is 0.633. The predicted molar refractivity (Wildman–Crippen MR) is 72.6 cm³/mol. The van der Waals surface area contributed by atoms with Crippen LogP contribution in [0.4, 0.5) is 11.4 Å². The Morgan fingerprint density at radius 1 is 1.33 bits per heavy atom. The van der Waals surface area contributed by atoms with Gasteiger partial charge in [-0.2, -0.15) is 0 Å². The maximum Gasteiger partial charge on any atom is 0.0779 e. The summed E-state index contributed by atoms with van der Waals surface area (Å²) in [7, 11) is 0. The summed E-state index contributed by atoms with van der Waals surface area (Å²) in [6.07, 6.45) is 5.28. The Bertz CT molecular complexity index is 526. The third kappa shape index (κ3) is 2.01. The number of hydrogen-bond donors (Lipinski definition) is 1. The summed E-state index contributed by atoms with van der Waals surface area (Å²) in [4.78, 5) is 10.9. The Labute approximate surface area is 107 Å². The van der Waals surface area contributed by atoms with Crippen molar-refractivity contribution in [1.29, 1.82) is 0 Å². The largest absolute Gasteiger partial charge is 0.381 e. The van der Waals surface area contributed by atoms with Gasteiger partial charge in [0.05, 0.1) is 29.8 Å². The second-order valence-corrected chi connectivity index (χ2v) is 4.57. The van der Waals surface area contributed by atoms with E-state index in [-0.39, 0.29) is 0 Å². The van der Waals surface area contributed by atoms with Gasteiger partial charge >= 0.3 is 0 Å². The molecule has 1 aliphatic heterocycles. The zero-order valence-electron chi connectivity index (χ0n) is 10.4. The molecule has 1 N–H and O–H groups in total. The number of hydrogen-bond acceptors (Lipinski definition) is 4. The average molecular weight is 240 g/mol. The lowest BCUT2D eigenvalue weighted by Gasteiger charge is -2.37. The smallest absolute Gasteiger partial charge is 0.0779 e. The van der Waals surface area contributed by atoms with Gasteiger partial charge in [-0.1, -0.05) is 12.1 Å². The molecule has 2 heterocycles.